The molecule has 0 aliphatic carbocycles. The van der Waals surface area contributed by atoms with Crippen LogP contribution >= 0.6 is 11.8 Å². The van der Waals surface area contributed by atoms with Gasteiger partial charge >= 0.3 is 0 Å². The fraction of sp³-hybridized carbons (Fsp3) is 0.263. The Balaban J connectivity index is 1.84. The summed E-state index contributed by atoms with van der Waals surface area (Å²) in [5, 5.41) is 18.0. The number of hydrogen-bond acceptors (Lipinski definition) is 4. The Morgan fingerprint density at radius 1 is 1.08 bits per heavy atom. The standard InChI is InChI=1S/C19H20N2O2S/c20-12-16-6-8-18(9-7-16)14-24-15-19(23)21(10-11-22)13-17-4-2-1-3-5-17/h1-9,22H,10-11,13-15H2. The SMILES string of the molecule is N#Cc1ccc(CSCC(=O)N(CCO)Cc2ccccc2)cc1. The third-order valence-electron chi connectivity index (χ3n) is 3.52. The van der Waals surface area contributed by atoms with E-state index >= 15 is 0 Å². The molecule has 1 N–H and O–H groups in total. The molecule has 0 aliphatic heterocycles. The lowest BCUT2D eigenvalue weighted by Crippen LogP contribution is -2.34. The Labute approximate surface area is 146 Å². The molecule has 1 amide bonds. The Kier molecular flexibility index (Phi) is 7.34. The van der Waals surface area contributed by atoms with Crippen molar-refractivity contribution in [3.63, 3.8) is 0 Å². The molecule has 0 aliphatic rings. The van der Waals surface area contributed by atoms with Crippen molar-refractivity contribution in [1.29, 1.82) is 5.26 Å². The maximum absolute atomic E-state index is 12.4. The molecule has 0 heterocycles. The summed E-state index contributed by atoms with van der Waals surface area (Å²) in [6.45, 7) is 0.807. The molecule has 124 valence electrons. The van der Waals surface area contributed by atoms with E-state index in [-0.39, 0.29) is 12.5 Å². The number of rotatable bonds is 8. The van der Waals surface area contributed by atoms with Gasteiger partial charge in [-0.15, -0.1) is 11.8 Å². The average molecular weight is 340 g/mol. The van der Waals surface area contributed by atoms with Crippen LogP contribution in [0.3, 0.4) is 0 Å². The average Bonchev–Trinajstić information content (AvgIpc) is 2.62. The number of nitrogens with zero attached hydrogens (tertiary/aromatic N) is 2. The molecule has 0 atom stereocenters. The quantitative estimate of drug-likeness (QED) is 0.802. The van der Waals surface area contributed by atoms with E-state index in [1.165, 1.54) is 11.8 Å². The number of aliphatic hydroxyl groups is 1. The van der Waals surface area contributed by atoms with E-state index in [0.717, 1.165) is 16.9 Å². The largest absolute Gasteiger partial charge is 0.395 e. The minimum Gasteiger partial charge on any atom is -0.395 e. The van der Waals surface area contributed by atoms with Crippen molar-refractivity contribution in [1.82, 2.24) is 4.90 Å². The first kappa shape index (κ1) is 18.1. The van der Waals surface area contributed by atoms with Gasteiger partial charge in [0.2, 0.25) is 5.91 Å². The molecule has 0 unspecified atom stereocenters. The first-order chi connectivity index (χ1) is 11.7. The summed E-state index contributed by atoms with van der Waals surface area (Å²) in [4.78, 5) is 14.1. The first-order valence-electron chi connectivity index (χ1n) is 7.72. The van der Waals surface area contributed by atoms with Crippen molar-refractivity contribution < 1.29 is 9.90 Å². The molecule has 0 radical (unpaired) electrons. The molecule has 0 spiro atoms. The van der Waals surface area contributed by atoms with Crippen LogP contribution in [-0.2, 0) is 17.1 Å². The zero-order chi connectivity index (χ0) is 17.2. The Morgan fingerprint density at radius 2 is 1.79 bits per heavy atom. The zero-order valence-corrected chi connectivity index (χ0v) is 14.2. The number of carbonyl (C=O) groups excluding carboxylic acids is 1. The smallest absolute Gasteiger partial charge is 0.232 e. The van der Waals surface area contributed by atoms with Crippen LogP contribution in [0.5, 0.6) is 0 Å². The van der Waals surface area contributed by atoms with Crippen molar-refractivity contribution in [2.24, 2.45) is 0 Å². The van der Waals surface area contributed by atoms with E-state index in [1.807, 2.05) is 42.5 Å². The fourth-order valence-electron chi connectivity index (χ4n) is 2.24. The molecule has 4 nitrogen and oxygen atoms in total. The molecule has 0 aromatic heterocycles. The summed E-state index contributed by atoms with van der Waals surface area (Å²) >= 11 is 1.54. The van der Waals surface area contributed by atoms with Crippen molar-refractivity contribution in [2.45, 2.75) is 12.3 Å². The van der Waals surface area contributed by atoms with E-state index < -0.39 is 0 Å². The molecule has 2 rings (SSSR count). The number of thioether (sulfide) groups is 1. The lowest BCUT2D eigenvalue weighted by atomic mass is 10.2. The van der Waals surface area contributed by atoms with Crippen LogP contribution in [0.1, 0.15) is 16.7 Å². The van der Waals surface area contributed by atoms with Crippen LogP contribution in [0.25, 0.3) is 0 Å². The monoisotopic (exact) mass is 340 g/mol. The molecule has 0 saturated carbocycles. The normalized spacial score (nSPS) is 10.2. The number of benzene rings is 2. The molecule has 0 saturated heterocycles. The lowest BCUT2D eigenvalue weighted by Gasteiger charge is -2.21. The Morgan fingerprint density at radius 3 is 2.42 bits per heavy atom. The molecular weight excluding hydrogens is 320 g/mol. The van der Waals surface area contributed by atoms with Crippen molar-refractivity contribution in [2.75, 3.05) is 18.9 Å². The molecule has 0 bridgehead atoms. The fourth-order valence-corrected chi connectivity index (χ4v) is 3.13. The minimum atomic E-state index is -0.0428. The Hall–Kier alpha value is -2.29. The molecule has 2 aromatic rings. The van der Waals surface area contributed by atoms with Gasteiger partial charge in [0.15, 0.2) is 0 Å². The van der Waals surface area contributed by atoms with Crippen LogP contribution in [0, 0.1) is 11.3 Å². The topological polar surface area (TPSA) is 64.3 Å². The van der Waals surface area contributed by atoms with Crippen LogP contribution in [-0.4, -0.2) is 34.8 Å². The third-order valence-corrected chi connectivity index (χ3v) is 4.50. The second kappa shape index (κ2) is 9.76. The molecular formula is C19H20N2O2S. The van der Waals surface area contributed by atoms with E-state index in [9.17, 15) is 9.90 Å². The second-order valence-electron chi connectivity index (χ2n) is 5.33. The zero-order valence-electron chi connectivity index (χ0n) is 13.4. The van der Waals surface area contributed by atoms with Gasteiger partial charge in [-0.3, -0.25) is 4.79 Å². The van der Waals surface area contributed by atoms with Gasteiger partial charge < -0.3 is 10.0 Å². The van der Waals surface area contributed by atoms with Crippen molar-refractivity contribution >= 4 is 17.7 Å². The van der Waals surface area contributed by atoms with Gasteiger partial charge in [-0.05, 0) is 23.3 Å². The highest BCUT2D eigenvalue weighted by molar-refractivity contribution is 7.99. The molecule has 0 fully saturated rings. The second-order valence-corrected chi connectivity index (χ2v) is 6.31. The van der Waals surface area contributed by atoms with Gasteiger partial charge in [0.1, 0.15) is 0 Å². The van der Waals surface area contributed by atoms with Crippen LogP contribution in [0.4, 0.5) is 0 Å². The summed E-state index contributed by atoms with van der Waals surface area (Å²) in [6, 6.07) is 19.2. The summed E-state index contributed by atoms with van der Waals surface area (Å²) in [6.07, 6.45) is 0. The number of nitriles is 1. The van der Waals surface area contributed by atoms with Gasteiger partial charge in [-0.1, -0.05) is 42.5 Å². The minimum absolute atomic E-state index is 0.0200. The maximum Gasteiger partial charge on any atom is 0.232 e. The first-order valence-corrected chi connectivity index (χ1v) is 8.87. The number of amides is 1. The van der Waals surface area contributed by atoms with Gasteiger partial charge in [0.05, 0.1) is 24.0 Å². The lowest BCUT2D eigenvalue weighted by molar-refractivity contribution is -0.129. The number of carbonyl (C=O) groups is 1. The maximum atomic E-state index is 12.4. The van der Waals surface area contributed by atoms with Gasteiger partial charge in [0.25, 0.3) is 0 Å². The summed E-state index contributed by atoms with van der Waals surface area (Å²) in [5.74, 6) is 1.11. The van der Waals surface area contributed by atoms with Crippen LogP contribution in [0.2, 0.25) is 0 Å². The molecule has 5 heteroatoms. The highest BCUT2D eigenvalue weighted by Gasteiger charge is 2.13. The van der Waals surface area contributed by atoms with E-state index in [4.69, 9.17) is 5.26 Å². The Bertz CT molecular complexity index is 681. The van der Waals surface area contributed by atoms with Gasteiger partial charge in [0, 0.05) is 18.8 Å². The predicted molar refractivity (Wildman–Crippen MR) is 96.3 cm³/mol. The number of hydrogen-bond donors (Lipinski definition) is 1. The van der Waals surface area contributed by atoms with Crippen LogP contribution < -0.4 is 0 Å². The van der Waals surface area contributed by atoms with Crippen molar-refractivity contribution in [3.8, 4) is 6.07 Å². The summed E-state index contributed by atoms with van der Waals surface area (Å²) < 4.78 is 0. The van der Waals surface area contributed by atoms with Crippen LogP contribution in [0.15, 0.2) is 54.6 Å². The van der Waals surface area contributed by atoms with Gasteiger partial charge in [-0.25, -0.2) is 0 Å². The van der Waals surface area contributed by atoms with E-state index in [2.05, 4.69) is 6.07 Å². The summed E-state index contributed by atoms with van der Waals surface area (Å²) in [7, 11) is 0. The predicted octanol–water partition coefficient (Wildman–Crippen LogP) is 2.81. The van der Waals surface area contributed by atoms with Gasteiger partial charge in [-0.2, -0.15) is 5.26 Å². The van der Waals surface area contributed by atoms with Crippen molar-refractivity contribution in [3.05, 3.63) is 71.3 Å². The highest BCUT2D eigenvalue weighted by atomic mass is 32.2. The molecule has 2 aromatic carbocycles. The third kappa shape index (κ3) is 5.73. The number of aliphatic hydroxyl groups excluding tert-OH is 1. The molecule has 24 heavy (non-hydrogen) atoms. The summed E-state index contributed by atoms with van der Waals surface area (Å²) in [5.41, 5.74) is 2.77. The van der Waals surface area contributed by atoms with E-state index in [1.54, 1.807) is 17.0 Å². The van der Waals surface area contributed by atoms with E-state index in [0.29, 0.717) is 24.4 Å². The highest BCUT2D eigenvalue weighted by Crippen LogP contribution is 2.14.